The lowest BCUT2D eigenvalue weighted by Gasteiger charge is -2.19. The van der Waals surface area contributed by atoms with Crippen LogP contribution in [-0.2, 0) is 36.5 Å². The molecule has 0 saturated carbocycles. The Balaban J connectivity index is 0.000000243. The Kier molecular flexibility index (Phi) is 15.1. The first-order valence-corrected chi connectivity index (χ1v) is 17.0. The molecule has 2 aliphatic rings. The number of carbonyl (C=O) groups excluding carboxylic acids is 2. The number of rotatable bonds is 6. The Morgan fingerprint density at radius 1 is 0.755 bits per heavy atom. The van der Waals surface area contributed by atoms with E-state index in [9.17, 15) is 32.8 Å². The first-order valence-electron chi connectivity index (χ1n) is 17.0. The van der Waals surface area contributed by atoms with Crippen LogP contribution in [0.4, 0.5) is 13.2 Å². The average molecular weight is 672 g/mol. The van der Waals surface area contributed by atoms with Crippen LogP contribution in [-0.4, -0.2) is 42.3 Å². The van der Waals surface area contributed by atoms with Crippen molar-refractivity contribution in [1.29, 1.82) is 0 Å². The van der Waals surface area contributed by atoms with Crippen molar-refractivity contribution in [3.63, 3.8) is 0 Å². The van der Waals surface area contributed by atoms with E-state index in [4.69, 9.17) is 4.65 Å². The molecule has 2 N–H and O–H groups in total. The van der Waals surface area contributed by atoms with Crippen LogP contribution < -0.4 is 10.9 Å². The number of ketones is 2. The number of alkyl halides is 3. The molecule has 2 heterocycles. The van der Waals surface area contributed by atoms with Crippen molar-refractivity contribution in [3.8, 4) is 0 Å². The van der Waals surface area contributed by atoms with Crippen LogP contribution in [0.25, 0.3) is 0 Å². The number of Topliss-reactive ketones (excluding diaryl/α,β-unsaturated/α-hetero) is 2. The summed E-state index contributed by atoms with van der Waals surface area (Å²) < 4.78 is 44.2. The third-order valence-electron chi connectivity index (χ3n) is 8.25. The van der Waals surface area contributed by atoms with Gasteiger partial charge in [0.25, 0.3) is 0 Å². The molecule has 258 valence electrons. The number of hydrogen-bond acceptors (Lipinski definition) is 5. The van der Waals surface area contributed by atoms with Gasteiger partial charge >= 0.3 is 20.2 Å². The molecule has 4 aromatic rings. The maximum absolute atomic E-state index is 13.0. The van der Waals surface area contributed by atoms with Crippen LogP contribution in [0.3, 0.4) is 0 Å². The van der Waals surface area contributed by atoms with Crippen molar-refractivity contribution >= 4 is 36.5 Å². The molecule has 0 bridgehead atoms. The molecule has 5 nitrogen and oxygen atoms in total. The van der Waals surface area contributed by atoms with Gasteiger partial charge in [0.2, 0.25) is 0 Å². The summed E-state index contributed by atoms with van der Waals surface area (Å²) in [6, 6.07) is 23.6. The zero-order chi connectivity index (χ0) is 36.1. The molecule has 0 aromatic heterocycles. The Bertz CT molecular complexity index is 1690. The van der Waals surface area contributed by atoms with E-state index >= 15 is 0 Å². The van der Waals surface area contributed by atoms with Crippen molar-refractivity contribution in [2.75, 3.05) is 6.61 Å². The van der Waals surface area contributed by atoms with Gasteiger partial charge in [-0.1, -0.05) is 124 Å². The smallest absolute Gasteiger partial charge is 0.446 e. The summed E-state index contributed by atoms with van der Waals surface area (Å²) >= 11 is 0. The molecule has 2 aliphatic heterocycles. The van der Waals surface area contributed by atoms with Gasteiger partial charge < -0.3 is 14.7 Å². The molecule has 0 radical (unpaired) electrons. The lowest BCUT2D eigenvalue weighted by atomic mass is 9.53. The van der Waals surface area contributed by atoms with E-state index < -0.39 is 24.6 Å². The van der Waals surface area contributed by atoms with Gasteiger partial charge in [-0.3, -0.25) is 9.59 Å². The highest BCUT2D eigenvalue weighted by Gasteiger charge is 2.35. The summed E-state index contributed by atoms with van der Waals surface area (Å²) in [6.45, 7) is 10.0. The van der Waals surface area contributed by atoms with Gasteiger partial charge in [0.05, 0.1) is 5.56 Å². The Morgan fingerprint density at radius 3 is 1.96 bits per heavy atom. The number of hydrogen-bond donors (Lipinski definition) is 2. The monoisotopic (exact) mass is 672 g/mol. The van der Waals surface area contributed by atoms with Crippen molar-refractivity contribution in [2.24, 2.45) is 0 Å². The lowest BCUT2D eigenvalue weighted by Crippen LogP contribution is -2.41. The van der Waals surface area contributed by atoms with Gasteiger partial charge in [-0.2, -0.15) is 13.2 Å². The third-order valence-corrected chi connectivity index (χ3v) is 8.25. The first kappa shape index (κ1) is 39.5. The average Bonchev–Trinajstić information content (AvgIpc) is 3.11. The second-order valence-electron chi connectivity index (χ2n) is 11.6. The van der Waals surface area contributed by atoms with Gasteiger partial charge in [0.15, 0.2) is 11.6 Å². The summed E-state index contributed by atoms with van der Waals surface area (Å²) in [5.74, 6) is -0.491. The van der Waals surface area contributed by atoms with Crippen LogP contribution in [0.15, 0.2) is 84.9 Å². The Hall–Kier alpha value is -3.98. The zero-order valence-electron chi connectivity index (χ0n) is 28.9. The van der Waals surface area contributed by atoms with Gasteiger partial charge in [-0.25, -0.2) is 0 Å². The largest absolute Gasteiger partial charge is 0.491 e. The van der Waals surface area contributed by atoms with E-state index in [1.54, 1.807) is 18.2 Å². The molecule has 0 spiro atoms. The van der Waals surface area contributed by atoms with Crippen molar-refractivity contribution < 1.29 is 37.5 Å². The van der Waals surface area contributed by atoms with Crippen LogP contribution in [0.2, 0.25) is 6.32 Å². The van der Waals surface area contributed by atoms with Crippen LogP contribution >= 0.6 is 0 Å². The minimum absolute atomic E-state index is 0.125. The Labute approximate surface area is 288 Å². The topological polar surface area (TPSA) is 83.8 Å². The fourth-order valence-corrected chi connectivity index (χ4v) is 5.80. The molecule has 0 aliphatic carbocycles. The lowest BCUT2D eigenvalue weighted by molar-refractivity contribution is -0.137. The van der Waals surface area contributed by atoms with E-state index in [-0.39, 0.29) is 24.7 Å². The molecule has 4 aromatic carbocycles. The van der Waals surface area contributed by atoms with E-state index in [1.807, 2.05) is 71.0 Å². The third kappa shape index (κ3) is 10.8. The van der Waals surface area contributed by atoms with Crippen LogP contribution in [0.1, 0.15) is 88.2 Å². The van der Waals surface area contributed by atoms with E-state index in [1.165, 1.54) is 23.8 Å². The normalized spacial score (nSPS) is 13.3. The van der Waals surface area contributed by atoms with Gasteiger partial charge in [0, 0.05) is 30.6 Å². The zero-order valence-corrected chi connectivity index (χ0v) is 28.9. The highest BCUT2D eigenvalue weighted by Crippen LogP contribution is 2.32. The fourth-order valence-electron chi connectivity index (χ4n) is 5.80. The minimum atomic E-state index is -4.58. The summed E-state index contributed by atoms with van der Waals surface area (Å²) in [6.07, 6.45) is -0.823. The highest BCUT2D eigenvalue weighted by atomic mass is 19.4. The van der Waals surface area contributed by atoms with Crippen molar-refractivity contribution in [1.82, 2.24) is 0 Å². The summed E-state index contributed by atoms with van der Waals surface area (Å²) in [5.41, 5.74) is 5.87. The summed E-state index contributed by atoms with van der Waals surface area (Å²) in [7, 11) is -1.06. The molecule has 49 heavy (non-hydrogen) atoms. The molecule has 0 atom stereocenters. The van der Waals surface area contributed by atoms with Crippen molar-refractivity contribution in [2.45, 2.75) is 79.2 Å². The maximum Gasteiger partial charge on any atom is 0.491 e. The number of carbonyl (C=O) groups is 2. The highest BCUT2D eigenvalue weighted by molar-refractivity contribution is 6.67. The van der Waals surface area contributed by atoms with Crippen LogP contribution in [0, 0.1) is 6.92 Å². The molecule has 0 unspecified atom stereocenters. The number of halogens is 3. The summed E-state index contributed by atoms with van der Waals surface area (Å²) in [4.78, 5) is 24.6. The van der Waals surface area contributed by atoms with Crippen LogP contribution in [0.5, 0.6) is 0 Å². The molecule has 0 saturated heterocycles. The number of benzene rings is 4. The maximum atomic E-state index is 13.0. The first-order chi connectivity index (χ1) is 23.5. The Morgan fingerprint density at radius 2 is 1.33 bits per heavy atom. The molecule has 6 rings (SSSR count). The number of aryl methyl sites for hydroxylation is 2. The molecule has 0 amide bonds. The van der Waals surface area contributed by atoms with Gasteiger partial charge in [-0.05, 0) is 59.8 Å². The van der Waals surface area contributed by atoms with Crippen molar-refractivity contribution in [3.05, 3.63) is 129 Å². The molecular formula is C39H45B2F3O5. The molecule has 0 fully saturated rings. The van der Waals surface area contributed by atoms with E-state index in [2.05, 4.69) is 6.07 Å². The second kappa shape index (κ2) is 18.7. The second-order valence-corrected chi connectivity index (χ2v) is 11.6. The molecule has 10 heteroatoms. The predicted molar refractivity (Wildman–Crippen MR) is 192 cm³/mol. The number of fused-ring (bicyclic) bond motifs is 2. The SMILES string of the molecule is CC.CC.Cc1ccc(C(=O)Cc2ccc3c(c2)B(O)CCC3)cc1.O=C(Cc1ccc2c(c1)B(O)OCC2)c1ccccc1C(F)(F)F. The van der Waals surface area contributed by atoms with E-state index in [0.717, 1.165) is 52.9 Å². The fraction of sp³-hybridized carbons (Fsp3) is 0.333. The quantitative estimate of drug-likeness (QED) is 0.170. The minimum Gasteiger partial charge on any atom is -0.446 e. The van der Waals surface area contributed by atoms with Gasteiger partial charge in [0.1, 0.15) is 0 Å². The summed E-state index contributed by atoms with van der Waals surface area (Å²) in [5, 5.41) is 19.9. The van der Waals surface area contributed by atoms with Gasteiger partial charge in [-0.15, -0.1) is 0 Å². The standard InChI is InChI=1S/C18H19BO2.C17H14BF3O3.2C2H6/c1-13-4-7-16(8-5-13)18(20)12-14-6-9-15-3-2-10-19(21)17(15)11-14;19-17(20,21)14-4-2-1-3-13(14)16(22)10-11-5-6-12-7-8-24-18(23)15(12)9-11;2*1-2/h4-9,11,21H,2-3,10,12H2,1H3;1-6,9,23H,7-8,10H2;2*1-2H3. The van der Waals surface area contributed by atoms with E-state index in [0.29, 0.717) is 30.5 Å². The molecular weight excluding hydrogens is 627 g/mol. The predicted octanol–water partition coefficient (Wildman–Crippen LogP) is 7.00.